The van der Waals surface area contributed by atoms with Crippen LogP contribution in [-0.2, 0) is 24.4 Å². The number of allylic oxidation sites excluding steroid dienone is 1. The molecule has 62 heavy (non-hydrogen) atoms. The maximum absolute atomic E-state index is 14.9. The topological polar surface area (TPSA) is 169 Å². The predicted molar refractivity (Wildman–Crippen MR) is 232 cm³/mol. The molecular formula is C45H52F2N6O7S2. The Balaban J connectivity index is 1.16. The summed E-state index contributed by atoms with van der Waals surface area (Å²) in [4.78, 5) is 54.8. The number of hydrogen-bond donors (Lipinski definition) is 3. The number of fused-ring (bicyclic) bond motifs is 3. The largest absolute Gasteiger partial charge is 0.496 e. The zero-order valence-corrected chi connectivity index (χ0v) is 37.1. The van der Waals surface area contributed by atoms with Gasteiger partial charge in [-0.3, -0.25) is 19.1 Å². The number of aryl methyl sites for hydroxylation is 1. The maximum Gasteiger partial charge on any atom is 0.259 e. The molecule has 1 saturated heterocycles. The first-order chi connectivity index (χ1) is 29.5. The van der Waals surface area contributed by atoms with Gasteiger partial charge in [0.05, 0.1) is 29.6 Å². The highest BCUT2D eigenvalue weighted by atomic mass is 32.2. The third kappa shape index (κ3) is 8.61. The molecule has 4 aliphatic rings. The Morgan fingerprint density at radius 2 is 1.81 bits per heavy atom. The number of rotatable bonds is 10. The van der Waals surface area contributed by atoms with Gasteiger partial charge in [-0.25, -0.2) is 27.2 Å². The van der Waals surface area contributed by atoms with Crippen LogP contribution in [0.5, 0.6) is 11.5 Å². The molecule has 2 aliphatic heterocycles. The van der Waals surface area contributed by atoms with Crippen LogP contribution < -0.4 is 24.8 Å². The van der Waals surface area contributed by atoms with Crippen molar-refractivity contribution in [2.24, 2.45) is 5.92 Å². The molecule has 4 heterocycles. The fourth-order valence-electron chi connectivity index (χ4n) is 8.44. The van der Waals surface area contributed by atoms with E-state index >= 15 is 0 Å². The fraction of sp³-hybridized carbons (Fsp3) is 0.489. The summed E-state index contributed by atoms with van der Waals surface area (Å²) < 4.78 is 69.0. The third-order valence-electron chi connectivity index (χ3n) is 12.7. The summed E-state index contributed by atoms with van der Waals surface area (Å²) in [5.74, 6) is -2.79. The Morgan fingerprint density at radius 1 is 1.05 bits per heavy atom. The molecule has 3 fully saturated rings. The monoisotopic (exact) mass is 890 g/mol. The number of hydrogen-bond acceptors (Lipinski definition) is 11. The molecule has 8 rings (SSSR count). The Hall–Kier alpha value is -5.16. The van der Waals surface area contributed by atoms with Crippen molar-refractivity contribution in [3.63, 3.8) is 0 Å². The molecular weight excluding hydrogens is 839 g/mol. The molecule has 17 heteroatoms. The van der Waals surface area contributed by atoms with E-state index in [9.17, 15) is 31.6 Å². The van der Waals surface area contributed by atoms with Crippen LogP contribution in [0.2, 0.25) is 0 Å². The predicted octanol–water partition coefficient (Wildman–Crippen LogP) is 7.30. The first kappa shape index (κ1) is 43.5. The number of carbonyl (C=O) groups excluding carboxylic acids is 3. The van der Waals surface area contributed by atoms with Gasteiger partial charge in [0.25, 0.3) is 5.91 Å². The van der Waals surface area contributed by atoms with Crippen LogP contribution >= 0.6 is 11.3 Å². The number of amides is 3. The molecule has 0 spiro atoms. The molecule has 4 aromatic rings. The number of aromatic nitrogens is 2. The van der Waals surface area contributed by atoms with E-state index in [1.165, 1.54) is 16.2 Å². The maximum atomic E-state index is 14.9. The minimum Gasteiger partial charge on any atom is -0.496 e. The van der Waals surface area contributed by atoms with Gasteiger partial charge in [0.15, 0.2) is 0 Å². The van der Waals surface area contributed by atoms with Crippen molar-refractivity contribution >= 4 is 55.7 Å². The number of pyridine rings is 1. The molecule has 5 atom stereocenters. The summed E-state index contributed by atoms with van der Waals surface area (Å²) in [5, 5.41) is 9.32. The lowest BCUT2D eigenvalue weighted by Gasteiger charge is -2.30. The average Bonchev–Trinajstić information content (AvgIpc) is 3.99. The number of methoxy groups -OCH3 is 1. The van der Waals surface area contributed by atoms with Gasteiger partial charge in [-0.15, -0.1) is 11.3 Å². The summed E-state index contributed by atoms with van der Waals surface area (Å²) in [6.45, 7) is 7.55. The number of ether oxygens (including phenoxy) is 2. The first-order valence-electron chi connectivity index (χ1n) is 21.2. The Morgan fingerprint density at radius 3 is 2.50 bits per heavy atom. The van der Waals surface area contributed by atoms with Crippen LogP contribution in [0.1, 0.15) is 95.7 Å². The highest BCUT2D eigenvalue weighted by Crippen LogP contribution is 2.48. The normalized spacial score (nSPS) is 25.5. The van der Waals surface area contributed by atoms with Crippen LogP contribution in [-0.4, -0.2) is 83.1 Å². The van der Waals surface area contributed by atoms with Gasteiger partial charge in [0.1, 0.15) is 57.6 Å². The number of sulfonamides is 1. The van der Waals surface area contributed by atoms with Crippen LogP contribution in [0.15, 0.2) is 53.9 Å². The summed E-state index contributed by atoms with van der Waals surface area (Å²) in [6.07, 6.45) is 7.09. The van der Waals surface area contributed by atoms with Crippen molar-refractivity contribution in [3.8, 4) is 22.2 Å². The van der Waals surface area contributed by atoms with Gasteiger partial charge in [0.2, 0.25) is 21.8 Å². The Bertz CT molecular complexity index is 2540. The molecule has 13 nitrogen and oxygen atoms in total. The second-order valence-corrected chi connectivity index (χ2v) is 20.6. The van der Waals surface area contributed by atoms with Crippen LogP contribution in [0.25, 0.3) is 21.6 Å². The fourth-order valence-corrected chi connectivity index (χ4v) is 10.7. The molecule has 2 aromatic heterocycles. The SMILES string of the molecule is COc1ccc2c(O[C@@H]3C[C@H]4C(=O)N[C@]5(C(=O)NS(=O)(=O)C6(C)CC6)C[C@@H]5/C=C\CCCCC[C@H](Nc5cc(F)cc(F)c5)C(=O)N4C3)cc(-c3nc(C(C)C)cs3)nc2c1C. The van der Waals surface area contributed by atoms with Crippen molar-refractivity contribution < 1.29 is 41.1 Å². The van der Waals surface area contributed by atoms with E-state index in [1.807, 2.05) is 36.6 Å². The minimum atomic E-state index is -4.03. The van der Waals surface area contributed by atoms with Crippen LogP contribution in [0.4, 0.5) is 14.5 Å². The smallest absolute Gasteiger partial charge is 0.259 e. The highest BCUT2D eigenvalue weighted by Gasteiger charge is 2.63. The molecule has 3 N–H and O–H groups in total. The summed E-state index contributed by atoms with van der Waals surface area (Å²) in [5.41, 5.74) is 1.41. The van der Waals surface area contributed by atoms with Gasteiger partial charge in [-0.2, -0.15) is 0 Å². The Labute approximate surface area is 364 Å². The van der Waals surface area contributed by atoms with E-state index in [-0.39, 0.29) is 31.0 Å². The van der Waals surface area contributed by atoms with Gasteiger partial charge in [0, 0.05) is 46.5 Å². The van der Waals surface area contributed by atoms with Gasteiger partial charge < -0.3 is 25.0 Å². The molecule has 0 bridgehead atoms. The van der Waals surface area contributed by atoms with Crippen LogP contribution in [0, 0.1) is 24.5 Å². The molecule has 2 aliphatic carbocycles. The number of benzene rings is 2. The molecule has 2 aromatic carbocycles. The van der Waals surface area contributed by atoms with E-state index in [1.54, 1.807) is 20.1 Å². The lowest BCUT2D eigenvalue weighted by molar-refractivity contribution is -0.140. The van der Waals surface area contributed by atoms with E-state index in [0.717, 1.165) is 42.3 Å². The van der Waals surface area contributed by atoms with Crippen molar-refractivity contribution in [2.45, 2.75) is 120 Å². The highest BCUT2D eigenvalue weighted by molar-refractivity contribution is 7.91. The summed E-state index contributed by atoms with van der Waals surface area (Å²) in [7, 11) is -2.45. The van der Waals surface area contributed by atoms with Crippen molar-refractivity contribution in [2.75, 3.05) is 19.0 Å². The molecule has 330 valence electrons. The zero-order chi connectivity index (χ0) is 44.1. The van der Waals surface area contributed by atoms with E-state index in [0.29, 0.717) is 65.2 Å². The number of anilines is 1. The quantitative estimate of drug-likeness (QED) is 0.138. The lowest BCUT2D eigenvalue weighted by Crippen LogP contribution is -2.58. The molecule has 2 saturated carbocycles. The second kappa shape index (κ2) is 16.8. The Kier molecular flexibility index (Phi) is 11.8. The third-order valence-corrected chi connectivity index (χ3v) is 15.7. The number of carbonyl (C=O) groups is 3. The first-order valence-corrected chi connectivity index (χ1v) is 23.6. The van der Waals surface area contributed by atoms with Gasteiger partial charge >= 0.3 is 0 Å². The second-order valence-electron chi connectivity index (χ2n) is 17.6. The molecule has 3 amide bonds. The zero-order valence-electron chi connectivity index (χ0n) is 35.4. The average molecular weight is 891 g/mol. The number of thiazole rings is 1. The standard InChI is InChI=1S/C45H52F2N6O7S2/c1-25(2)35-24-61-41(50-35)34-21-38(32-13-14-37(59-5)26(3)39(32)49-34)60-31-20-36-40(54)51-45(43(56)52-62(57,58)44(4)15-16-44)22-27(45)11-9-7-6-8-10-12-33(42(55)53(36)23-31)48-30-18-28(46)17-29(47)19-30/h9,11,13-14,17-19,21,24-25,27,31,33,36,48H,6-8,10,12,15-16,20,22-23H2,1-5H3,(H,51,54)(H,52,56)/b11-9-/t27-,31+,33-,36-,45+/m0/s1. The van der Waals surface area contributed by atoms with Crippen molar-refractivity contribution in [1.82, 2.24) is 24.9 Å². The van der Waals surface area contributed by atoms with E-state index in [2.05, 4.69) is 29.2 Å². The van der Waals surface area contributed by atoms with Crippen molar-refractivity contribution in [3.05, 3.63) is 76.8 Å². The minimum absolute atomic E-state index is 0.0104. The summed E-state index contributed by atoms with van der Waals surface area (Å²) in [6, 6.07) is 6.29. The number of halogens is 2. The van der Waals surface area contributed by atoms with Gasteiger partial charge in [-0.05, 0) is 82.6 Å². The molecule has 0 radical (unpaired) electrons. The summed E-state index contributed by atoms with van der Waals surface area (Å²) >= 11 is 1.46. The van der Waals surface area contributed by atoms with Gasteiger partial charge in [-0.1, -0.05) is 38.8 Å². The lowest BCUT2D eigenvalue weighted by atomic mass is 10.0. The number of nitrogens with zero attached hydrogens (tertiary/aromatic N) is 3. The molecule has 0 unspecified atom stereocenters. The van der Waals surface area contributed by atoms with Crippen LogP contribution in [0.3, 0.4) is 0 Å². The van der Waals surface area contributed by atoms with E-state index < -0.39 is 73.8 Å². The van der Waals surface area contributed by atoms with Crippen molar-refractivity contribution in [1.29, 1.82) is 0 Å². The number of nitrogens with one attached hydrogen (secondary N) is 3. The van der Waals surface area contributed by atoms with E-state index in [4.69, 9.17) is 19.4 Å².